The van der Waals surface area contributed by atoms with Crippen molar-refractivity contribution in [1.82, 2.24) is 14.9 Å². The molecule has 9 heteroatoms. The van der Waals surface area contributed by atoms with Gasteiger partial charge in [-0.3, -0.25) is 9.59 Å². The van der Waals surface area contributed by atoms with Gasteiger partial charge >= 0.3 is 0 Å². The number of rotatable bonds is 6. The minimum atomic E-state index is -0.455. The number of aromatic nitrogens is 2. The molecule has 0 saturated heterocycles. The Bertz CT molecular complexity index is 1280. The van der Waals surface area contributed by atoms with E-state index in [0.717, 1.165) is 36.8 Å². The number of carbonyl (C=O) groups is 1. The molecule has 0 spiro atoms. The zero-order valence-electron chi connectivity index (χ0n) is 19.0. The number of nitrogens with zero attached hydrogens (tertiary/aromatic N) is 2. The van der Waals surface area contributed by atoms with Gasteiger partial charge in [-0.1, -0.05) is 0 Å². The molecule has 1 fully saturated rings. The third-order valence-corrected chi connectivity index (χ3v) is 6.60. The molecule has 2 N–H and O–H groups in total. The summed E-state index contributed by atoms with van der Waals surface area (Å²) in [6.45, 7) is 1.03. The summed E-state index contributed by atoms with van der Waals surface area (Å²) >= 11 is 0. The Morgan fingerprint density at radius 2 is 1.94 bits per heavy atom. The van der Waals surface area contributed by atoms with Gasteiger partial charge < -0.3 is 24.7 Å². The quantitative estimate of drug-likeness (QED) is 0.580. The highest BCUT2D eigenvalue weighted by Gasteiger charge is 2.23. The molecular formula is C25H27FN4O4. The van der Waals surface area contributed by atoms with E-state index in [0.29, 0.717) is 42.2 Å². The first-order chi connectivity index (χ1) is 16.5. The summed E-state index contributed by atoms with van der Waals surface area (Å²) in [6.07, 6.45) is 3.89. The van der Waals surface area contributed by atoms with Gasteiger partial charge in [0.1, 0.15) is 0 Å². The van der Waals surface area contributed by atoms with Crippen LogP contribution < -0.4 is 25.7 Å². The number of pyridine rings is 2. The normalized spacial score (nSPS) is 19.9. The molecule has 1 saturated carbocycles. The van der Waals surface area contributed by atoms with Gasteiger partial charge in [0.2, 0.25) is 0 Å². The molecule has 0 radical (unpaired) electrons. The van der Waals surface area contributed by atoms with Crippen molar-refractivity contribution in [3.05, 3.63) is 58.3 Å². The molecule has 0 bridgehead atoms. The maximum atomic E-state index is 14.5. The fraction of sp³-hybridized carbons (Fsp3) is 0.400. The number of nitrogens with one attached hydrogen (secondary N) is 2. The molecule has 1 aromatic carbocycles. The fourth-order valence-corrected chi connectivity index (χ4v) is 4.65. The number of halogens is 1. The van der Waals surface area contributed by atoms with Crippen LogP contribution in [0.2, 0.25) is 0 Å². The molecule has 1 aliphatic heterocycles. The summed E-state index contributed by atoms with van der Waals surface area (Å²) < 4.78 is 27.3. The van der Waals surface area contributed by atoms with Gasteiger partial charge in [0.25, 0.3) is 11.5 Å². The molecule has 3 aromatic rings. The first-order valence-corrected chi connectivity index (χ1v) is 11.5. The molecule has 1 aliphatic carbocycles. The van der Waals surface area contributed by atoms with Crippen molar-refractivity contribution in [1.29, 1.82) is 0 Å². The van der Waals surface area contributed by atoms with Crippen molar-refractivity contribution in [2.45, 2.75) is 38.3 Å². The van der Waals surface area contributed by atoms with Crippen molar-refractivity contribution >= 4 is 22.6 Å². The van der Waals surface area contributed by atoms with Crippen LogP contribution in [0.25, 0.3) is 10.9 Å². The topological polar surface area (TPSA) is 94.5 Å². The third kappa shape index (κ3) is 4.61. The lowest BCUT2D eigenvalue weighted by atomic mass is 9.86. The highest BCUT2D eigenvalue weighted by molar-refractivity contribution is 5.94. The Labute approximate surface area is 196 Å². The van der Waals surface area contributed by atoms with Crippen molar-refractivity contribution in [2.24, 2.45) is 13.0 Å². The Kier molecular flexibility index (Phi) is 6.19. The van der Waals surface area contributed by atoms with Gasteiger partial charge in [-0.05, 0) is 61.9 Å². The number of benzene rings is 1. The van der Waals surface area contributed by atoms with Gasteiger partial charge in [-0.15, -0.1) is 0 Å². The Morgan fingerprint density at radius 1 is 1.15 bits per heavy atom. The average molecular weight is 467 g/mol. The number of anilines is 1. The molecular weight excluding hydrogens is 439 g/mol. The largest absolute Gasteiger partial charge is 0.488 e. The van der Waals surface area contributed by atoms with E-state index in [1.165, 1.54) is 16.7 Å². The highest BCUT2D eigenvalue weighted by atomic mass is 19.1. The number of ether oxygens (including phenoxy) is 2. The Morgan fingerprint density at radius 3 is 2.76 bits per heavy atom. The predicted molar refractivity (Wildman–Crippen MR) is 126 cm³/mol. The Hall–Kier alpha value is -3.46. The summed E-state index contributed by atoms with van der Waals surface area (Å²) in [5, 5.41) is 7.04. The molecule has 0 unspecified atom stereocenters. The minimum absolute atomic E-state index is 0.0183. The smallest absolute Gasteiger partial charge is 0.263 e. The maximum Gasteiger partial charge on any atom is 0.263 e. The molecule has 2 aliphatic rings. The summed E-state index contributed by atoms with van der Waals surface area (Å²) in [5.74, 6) is 0.871. The first kappa shape index (κ1) is 22.3. The van der Waals surface area contributed by atoms with Crippen molar-refractivity contribution in [3.63, 3.8) is 0 Å². The summed E-state index contributed by atoms with van der Waals surface area (Å²) in [7, 11) is 1.63. The van der Waals surface area contributed by atoms with E-state index in [1.807, 2.05) is 12.1 Å². The second-order valence-electron chi connectivity index (χ2n) is 8.94. The van der Waals surface area contributed by atoms with E-state index in [4.69, 9.17) is 9.47 Å². The second kappa shape index (κ2) is 9.42. The predicted octanol–water partition coefficient (Wildman–Crippen LogP) is 3.13. The number of hydrogen-bond donors (Lipinski definition) is 2. The van der Waals surface area contributed by atoms with Crippen molar-refractivity contribution < 1.29 is 18.7 Å². The summed E-state index contributed by atoms with van der Waals surface area (Å²) in [5.41, 5.74) is 1.13. The molecule has 2 aromatic heterocycles. The van der Waals surface area contributed by atoms with E-state index in [1.54, 1.807) is 19.2 Å². The number of amides is 1. The zero-order valence-corrected chi connectivity index (χ0v) is 19.0. The van der Waals surface area contributed by atoms with Gasteiger partial charge in [-0.2, -0.15) is 0 Å². The Balaban J connectivity index is 1.15. The van der Waals surface area contributed by atoms with Crippen LogP contribution in [0.5, 0.6) is 11.5 Å². The van der Waals surface area contributed by atoms with Crippen LogP contribution in [-0.4, -0.2) is 34.7 Å². The summed E-state index contributed by atoms with van der Waals surface area (Å²) in [4.78, 5) is 28.0. The van der Waals surface area contributed by atoms with Crippen LogP contribution in [0.15, 0.2) is 41.2 Å². The summed E-state index contributed by atoms with van der Waals surface area (Å²) in [6, 6.07) is 10.3. The third-order valence-electron chi connectivity index (χ3n) is 6.60. The van der Waals surface area contributed by atoms with Crippen molar-refractivity contribution in [3.8, 4) is 11.5 Å². The lowest BCUT2D eigenvalue weighted by molar-refractivity contribution is -0.118. The van der Waals surface area contributed by atoms with Crippen LogP contribution in [0.3, 0.4) is 0 Å². The molecule has 3 heterocycles. The molecule has 8 nitrogen and oxygen atoms in total. The van der Waals surface area contributed by atoms with E-state index < -0.39 is 5.82 Å². The van der Waals surface area contributed by atoms with E-state index >= 15 is 0 Å². The van der Waals surface area contributed by atoms with Gasteiger partial charge in [-0.25, -0.2) is 9.37 Å². The molecule has 178 valence electrons. The van der Waals surface area contributed by atoms with Crippen LogP contribution in [0.1, 0.15) is 31.4 Å². The molecule has 0 atom stereocenters. The van der Waals surface area contributed by atoms with E-state index in [-0.39, 0.29) is 23.8 Å². The lowest BCUT2D eigenvalue weighted by Crippen LogP contribution is -2.34. The van der Waals surface area contributed by atoms with Gasteiger partial charge in [0.15, 0.2) is 29.7 Å². The molecule has 34 heavy (non-hydrogen) atoms. The average Bonchev–Trinajstić information content (AvgIpc) is 2.85. The zero-order chi connectivity index (χ0) is 23.7. The highest BCUT2D eigenvalue weighted by Crippen LogP contribution is 2.31. The van der Waals surface area contributed by atoms with E-state index in [2.05, 4.69) is 15.6 Å². The van der Waals surface area contributed by atoms with E-state index in [9.17, 15) is 14.0 Å². The van der Waals surface area contributed by atoms with Crippen LogP contribution in [0, 0.1) is 11.7 Å². The van der Waals surface area contributed by atoms with Crippen LogP contribution in [0.4, 0.5) is 10.2 Å². The van der Waals surface area contributed by atoms with Crippen molar-refractivity contribution in [2.75, 3.05) is 18.5 Å². The minimum Gasteiger partial charge on any atom is -0.488 e. The van der Waals surface area contributed by atoms with Crippen LogP contribution in [-0.2, 0) is 18.4 Å². The van der Waals surface area contributed by atoms with Crippen LogP contribution >= 0.6 is 0 Å². The second-order valence-corrected chi connectivity index (χ2v) is 8.94. The number of aryl methyl sites for hydroxylation is 1. The fourth-order valence-electron chi connectivity index (χ4n) is 4.65. The number of fused-ring (bicyclic) bond motifs is 2. The number of carbonyl (C=O) groups excluding carboxylic acids is 1. The SMILES string of the molecule is Cn1c(=O)ccc2ccc(F)c(OCC3CCC(NCc4ccc5c(n4)NC(=O)CO5)CC3)c21. The van der Waals surface area contributed by atoms with Gasteiger partial charge in [0.05, 0.1) is 17.8 Å². The van der Waals surface area contributed by atoms with Gasteiger partial charge in [0, 0.05) is 31.1 Å². The standard InChI is InChI=1S/C25H27FN4O4/c1-30-22(32)11-5-16-4-9-19(26)24(23(16)30)34-13-15-2-6-17(7-3-15)27-12-18-8-10-20-25(28-18)29-21(31)14-33-20/h4-5,8-11,15,17,27H,2-3,6-7,12-14H2,1H3,(H,28,29,31). The first-order valence-electron chi connectivity index (χ1n) is 11.5. The molecule has 5 rings (SSSR count). The number of hydrogen-bond acceptors (Lipinski definition) is 6. The lowest BCUT2D eigenvalue weighted by Gasteiger charge is -2.29. The monoisotopic (exact) mass is 466 g/mol. The maximum absolute atomic E-state index is 14.5. The molecule has 1 amide bonds.